The Balaban J connectivity index is 1.93. The van der Waals surface area contributed by atoms with E-state index in [1.807, 2.05) is 60.7 Å². The number of aliphatic hydroxyl groups is 1. The van der Waals surface area contributed by atoms with E-state index in [2.05, 4.69) is 4.98 Å². The molecule has 0 unspecified atom stereocenters. The van der Waals surface area contributed by atoms with Crippen LogP contribution in [0.3, 0.4) is 0 Å². The van der Waals surface area contributed by atoms with Gasteiger partial charge in [-0.2, -0.15) is 0 Å². The number of para-hydroxylation sites is 1. The molecule has 3 nitrogen and oxygen atoms in total. The quantitative estimate of drug-likeness (QED) is 0.294. The largest absolute Gasteiger partial charge is 0.506 e. The van der Waals surface area contributed by atoms with Crippen molar-refractivity contribution in [3.05, 3.63) is 101 Å². The minimum absolute atomic E-state index is 0.0569. The van der Waals surface area contributed by atoms with Gasteiger partial charge in [0.1, 0.15) is 16.3 Å². The van der Waals surface area contributed by atoms with Crippen LogP contribution in [0, 0.1) is 0 Å². The zero-order chi connectivity index (χ0) is 17.9. The van der Waals surface area contributed by atoms with Crippen LogP contribution in [0.1, 0.15) is 20.9 Å². The summed E-state index contributed by atoms with van der Waals surface area (Å²) in [6.45, 7) is 0. The molecule has 0 atom stereocenters. The molecule has 1 heterocycles. The number of nitrogens with zero attached hydrogens (tertiary/aromatic N) is 1. The maximum atomic E-state index is 13.2. The molecule has 0 aliphatic carbocycles. The molecular weight excluding hydrogens is 342 g/mol. The summed E-state index contributed by atoms with van der Waals surface area (Å²) in [6, 6.07) is 25.7. The van der Waals surface area contributed by atoms with Crippen molar-refractivity contribution in [2.24, 2.45) is 0 Å². The zero-order valence-electron chi connectivity index (χ0n) is 13.8. The first-order chi connectivity index (χ1) is 12.7. The topological polar surface area (TPSA) is 50.2 Å². The number of benzene rings is 3. The van der Waals surface area contributed by atoms with Gasteiger partial charge in [-0.1, -0.05) is 72.8 Å². The minimum atomic E-state index is -0.244. The average molecular weight is 357 g/mol. The van der Waals surface area contributed by atoms with Gasteiger partial charge in [0, 0.05) is 11.1 Å². The summed E-state index contributed by atoms with van der Waals surface area (Å²) in [5.41, 5.74) is 2.14. The molecule has 4 rings (SSSR count). The number of allylic oxidation sites excluding steroid dienone is 1. The van der Waals surface area contributed by atoms with Crippen LogP contribution in [0.4, 0.5) is 0 Å². The van der Waals surface area contributed by atoms with E-state index in [9.17, 15) is 9.90 Å². The van der Waals surface area contributed by atoms with Crippen molar-refractivity contribution in [3.63, 3.8) is 0 Å². The Bertz CT molecular complexity index is 1070. The van der Waals surface area contributed by atoms with E-state index in [0.717, 1.165) is 10.2 Å². The highest BCUT2D eigenvalue weighted by Gasteiger charge is 2.23. The van der Waals surface area contributed by atoms with Crippen LogP contribution in [0.5, 0.6) is 0 Å². The number of Topliss-reactive ketones (excluding diaryl/α,β-unsaturated/α-hetero) is 1. The molecule has 0 aliphatic heterocycles. The summed E-state index contributed by atoms with van der Waals surface area (Å²) < 4.78 is 0.974. The van der Waals surface area contributed by atoms with Crippen molar-refractivity contribution in [3.8, 4) is 0 Å². The van der Waals surface area contributed by atoms with E-state index in [-0.39, 0.29) is 17.1 Å². The molecule has 26 heavy (non-hydrogen) atoms. The van der Waals surface area contributed by atoms with Crippen LogP contribution in [0.15, 0.2) is 84.9 Å². The number of ketones is 1. The highest BCUT2D eigenvalue weighted by atomic mass is 32.1. The second-order valence-corrected chi connectivity index (χ2v) is 6.80. The Labute approximate surface area is 154 Å². The molecule has 1 aromatic heterocycles. The summed E-state index contributed by atoms with van der Waals surface area (Å²) in [5, 5.41) is 11.4. The SMILES string of the molecule is O=C(/C(=C(/O)c1ccccc1)c1nc2ccccc2s1)c1ccccc1. The summed E-state index contributed by atoms with van der Waals surface area (Å²) in [6.07, 6.45) is 0. The van der Waals surface area contributed by atoms with Gasteiger partial charge in [-0.25, -0.2) is 4.98 Å². The predicted octanol–water partition coefficient (Wildman–Crippen LogP) is 5.61. The molecule has 0 bridgehead atoms. The van der Waals surface area contributed by atoms with Gasteiger partial charge >= 0.3 is 0 Å². The number of rotatable bonds is 4. The molecule has 126 valence electrons. The van der Waals surface area contributed by atoms with Crippen molar-refractivity contribution in [2.75, 3.05) is 0 Å². The van der Waals surface area contributed by atoms with Crippen molar-refractivity contribution in [1.82, 2.24) is 4.98 Å². The van der Waals surface area contributed by atoms with Crippen LogP contribution in [0.2, 0.25) is 0 Å². The summed E-state index contributed by atoms with van der Waals surface area (Å²) in [5.74, 6) is -0.301. The second-order valence-electron chi connectivity index (χ2n) is 5.77. The molecule has 0 aliphatic rings. The van der Waals surface area contributed by atoms with Gasteiger partial charge in [0.25, 0.3) is 0 Å². The minimum Gasteiger partial charge on any atom is -0.506 e. The maximum absolute atomic E-state index is 13.2. The van der Waals surface area contributed by atoms with E-state index < -0.39 is 0 Å². The van der Waals surface area contributed by atoms with Gasteiger partial charge in [-0.3, -0.25) is 4.79 Å². The van der Waals surface area contributed by atoms with Gasteiger partial charge < -0.3 is 5.11 Å². The average Bonchev–Trinajstić information content (AvgIpc) is 3.13. The van der Waals surface area contributed by atoms with Gasteiger partial charge in [0.05, 0.1) is 10.2 Å². The third-order valence-corrected chi connectivity index (χ3v) is 5.11. The Morgan fingerprint density at radius 1 is 0.769 bits per heavy atom. The molecule has 0 saturated heterocycles. The highest BCUT2D eigenvalue weighted by molar-refractivity contribution is 7.20. The Morgan fingerprint density at radius 3 is 2.00 bits per heavy atom. The fourth-order valence-corrected chi connectivity index (χ4v) is 3.77. The van der Waals surface area contributed by atoms with E-state index in [1.165, 1.54) is 11.3 Å². The first kappa shape index (κ1) is 16.2. The van der Waals surface area contributed by atoms with Crippen molar-refractivity contribution in [2.45, 2.75) is 0 Å². The first-order valence-corrected chi connectivity index (χ1v) is 9.00. The second kappa shape index (κ2) is 6.94. The molecule has 4 aromatic rings. The predicted molar refractivity (Wildman–Crippen MR) is 106 cm³/mol. The third-order valence-electron chi connectivity index (χ3n) is 4.05. The van der Waals surface area contributed by atoms with E-state index in [4.69, 9.17) is 0 Å². The molecule has 0 saturated carbocycles. The zero-order valence-corrected chi connectivity index (χ0v) is 14.6. The van der Waals surface area contributed by atoms with E-state index >= 15 is 0 Å². The Kier molecular flexibility index (Phi) is 4.33. The number of fused-ring (bicyclic) bond motifs is 1. The lowest BCUT2D eigenvalue weighted by Gasteiger charge is -2.08. The van der Waals surface area contributed by atoms with Crippen LogP contribution in [-0.4, -0.2) is 15.9 Å². The standard InChI is InChI=1S/C22H15NO2S/c24-20(15-9-3-1-4-10-15)19(21(25)16-11-5-2-6-12-16)22-23-17-13-7-8-14-18(17)26-22/h1-14,24H/b20-19-. The number of carbonyl (C=O) groups is 1. The molecule has 0 amide bonds. The number of aromatic nitrogens is 1. The molecular formula is C22H15NO2S. The fourth-order valence-electron chi connectivity index (χ4n) is 2.76. The van der Waals surface area contributed by atoms with Crippen molar-refractivity contribution >= 4 is 38.7 Å². The van der Waals surface area contributed by atoms with Crippen LogP contribution >= 0.6 is 11.3 Å². The Hall–Kier alpha value is -3.24. The highest BCUT2D eigenvalue weighted by Crippen LogP contribution is 2.33. The van der Waals surface area contributed by atoms with Crippen LogP contribution in [-0.2, 0) is 0 Å². The smallest absolute Gasteiger partial charge is 0.199 e. The number of aliphatic hydroxyl groups excluding tert-OH is 1. The fraction of sp³-hybridized carbons (Fsp3) is 0. The van der Waals surface area contributed by atoms with E-state index in [1.54, 1.807) is 24.3 Å². The molecule has 4 heteroatoms. The number of carbonyl (C=O) groups excluding carboxylic acids is 1. The van der Waals surface area contributed by atoms with Crippen LogP contribution < -0.4 is 0 Å². The normalized spacial score (nSPS) is 12.0. The van der Waals surface area contributed by atoms with Crippen molar-refractivity contribution in [1.29, 1.82) is 0 Å². The lowest BCUT2D eigenvalue weighted by Crippen LogP contribution is -2.05. The van der Waals surface area contributed by atoms with Gasteiger partial charge in [-0.05, 0) is 12.1 Å². The molecule has 0 fully saturated rings. The summed E-state index contributed by atoms with van der Waals surface area (Å²) in [4.78, 5) is 17.8. The first-order valence-electron chi connectivity index (χ1n) is 8.18. The number of hydrogen-bond donors (Lipinski definition) is 1. The molecule has 1 N–H and O–H groups in total. The monoisotopic (exact) mass is 357 g/mol. The summed E-state index contributed by atoms with van der Waals surface area (Å²) >= 11 is 1.40. The van der Waals surface area contributed by atoms with Crippen LogP contribution in [0.25, 0.3) is 21.5 Å². The lowest BCUT2D eigenvalue weighted by atomic mass is 10.00. The summed E-state index contributed by atoms with van der Waals surface area (Å²) in [7, 11) is 0. The maximum Gasteiger partial charge on any atom is 0.199 e. The number of hydrogen-bond acceptors (Lipinski definition) is 4. The molecule has 0 spiro atoms. The van der Waals surface area contributed by atoms with Gasteiger partial charge in [-0.15, -0.1) is 11.3 Å². The molecule has 0 radical (unpaired) electrons. The van der Waals surface area contributed by atoms with Gasteiger partial charge in [0.2, 0.25) is 0 Å². The van der Waals surface area contributed by atoms with Crippen molar-refractivity contribution < 1.29 is 9.90 Å². The lowest BCUT2D eigenvalue weighted by molar-refractivity contribution is 0.105. The molecule has 3 aromatic carbocycles. The van der Waals surface area contributed by atoms with E-state index in [0.29, 0.717) is 16.1 Å². The number of thiazole rings is 1. The Morgan fingerprint density at radius 2 is 1.35 bits per heavy atom. The third kappa shape index (κ3) is 3.03. The van der Waals surface area contributed by atoms with Gasteiger partial charge in [0.15, 0.2) is 5.78 Å².